The molecule has 4 nitrogen and oxygen atoms in total. The van der Waals surface area contributed by atoms with Gasteiger partial charge in [0, 0.05) is 11.4 Å². The molecule has 0 amide bonds. The van der Waals surface area contributed by atoms with Gasteiger partial charge in [-0.15, -0.1) is 0 Å². The van der Waals surface area contributed by atoms with E-state index >= 15 is 0 Å². The first-order valence-electron chi connectivity index (χ1n) is 5.30. The summed E-state index contributed by atoms with van der Waals surface area (Å²) in [6.45, 7) is 0. The number of nitrogens with one attached hydrogen (secondary N) is 1. The van der Waals surface area contributed by atoms with Gasteiger partial charge in [0.1, 0.15) is 6.07 Å². The predicted octanol–water partition coefficient (Wildman–Crippen LogP) is 2.76. The summed E-state index contributed by atoms with van der Waals surface area (Å²) < 4.78 is 0. The third-order valence-electron chi connectivity index (χ3n) is 2.47. The number of nitriles is 2. The highest BCUT2D eigenvalue weighted by molar-refractivity contribution is 5.67. The summed E-state index contributed by atoms with van der Waals surface area (Å²) >= 11 is 0. The molecule has 0 saturated heterocycles. The molecule has 0 bridgehead atoms. The van der Waals surface area contributed by atoms with Crippen molar-refractivity contribution in [1.29, 1.82) is 10.5 Å². The van der Waals surface area contributed by atoms with Crippen molar-refractivity contribution in [1.82, 2.24) is 0 Å². The molecule has 0 saturated carbocycles. The fourth-order valence-electron chi connectivity index (χ4n) is 1.54. The number of benzene rings is 2. The molecule has 0 aliphatic heterocycles. The zero-order chi connectivity index (χ0) is 13.0. The van der Waals surface area contributed by atoms with Crippen LogP contribution in [0.2, 0.25) is 0 Å². The lowest BCUT2D eigenvalue weighted by Crippen LogP contribution is -1.94. The highest BCUT2D eigenvalue weighted by Gasteiger charge is 2.00. The van der Waals surface area contributed by atoms with Crippen molar-refractivity contribution in [2.24, 2.45) is 0 Å². The second-order valence-electron chi connectivity index (χ2n) is 3.73. The molecule has 0 aliphatic rings. The third-order valence-corrected chi connectivity index (χ3v) is 2.47. The molecule has 0 spiro atoms. The minimum absolute atomic E-state index is 0.441. The van der Waals surface area contributed by atoms with Crippen molar-refractivity contribution in [3.8, 4) is 12.1 Å². The van der Waals surface area contributed by atoms with Crippen LogP contribution in [0.15, 0.2) is 42.5 Å². The number of hydrogen-bond acceptors (Lipinski definition) is 4. The Morgan fingerprint density at radius 2 is 1.56 bits per heavy atom. The molecular weight excluding hydrogens is 224 g/mol. The number of nitrogens with two attached hydrogens (primary N) is 1. The Morgan fingerprint density at radius 1 is 0.889 bits per heavy atom. The van der Waals surface area contributed by atoms with Crippen LogP contribution in [0, 0.1) is 22.7 Å². The molecule has 0 heterocycles. The van der Waals surface area contributed by atoms with Gasteiger partial charge >= 0.3 is 0 Å². The van der Waals surface area contributed by atoms with E-state index in [2.05, 4.69) is 11.4 Å². The van der Waals surface area contributed by atoms with E-state index in [1.54, 1.807) is 30.3 Å². The van der Waals surface area contributed by atoms with Crippen LogP contribution in [0.1, 0.15) is 11.1 Å². The Balaban J connectivity index is 2.21. The van der Waals surface area contributed by atoms with Crippen LogP contribution >= 0.6 is 0 Å². The zero-order valence-corrected chi connectivity index (χ0v) is 9.51. The van der Waals surface area contributed by atoms with Crippen LogP contribution in [-0.2, 0) is 0 Å². The third kappa shape index (κ3) is 2.40. The normalized spacial score (nSPS) is 9.22. The van der Waals surface area contributed by atoms with Crippen LogP contribution < -0.4 is 11.1 Å². The minimum atomic E-state index is 0.441. The summed E-state index contributed by atoms with van der Waals surface area (Å²) in [6.07, 6.45) is 0. The lowest BCUT2D eigenvalue weighted by atomic mass is 10.1. The molecule has 2 aromatic carbocycles. The van der Waals surface area contributed by atoms with E-state index in [-0.39, 0.29) is 0 Å². The van der Waals surface area contributed by atoms with Gasteiger partial charge in [0.15, 0.2) is 0 Å². The standard InChI is InChI=1S/C14H10N4/c15-8-10-1-4-12(5-2-10)18-13-6-3-11(9-16)14(17)7-13/h1-7,18H,17H2. The minimum Gasteiger partial charge on any atom is -0.398 e. The average molecular weight is 234 g/mol. The maximum Gasteiger partial charge on any atom is 0.101 e. The van der Waals surface area contributed by atoms with Gasteiger partial charge in [-0.3, -0.25) is 0 Å². The molecule has 0 radical (unpaired) electrons. The first-order chi connectivity index (χ1) is 8.72. The molecule has 0 fully saturated rings. The second-order valence-corrected chi connectivity index (χ2v) is 3.73. The van der Waals surface area contributed by atoms with Gasteiger partial charge in [0.05, 0.1) is 22.9 Å². The van der Waals surface area contributed by atoms with E-state index < -0.39 is 0 Å². The maximum absolute atomic E-state index is 8.78. The summed E-state index contributed by atoms with van der Waals surface area (Å²) in [5.41, 5.74) is 8.90. The van der Waals surface area contributed by atoms with E-state index in [0.717, 1.165) is 11.4 Å². The van der Waals surface area contributed by atoms with Crippen LogP contribution in [0.5, 0.6) is 0 Å². The molecule has 4 heteroatoms. The molecule has 0 unspecified atom stereocenters. The number of anilines is 3. The monoisotopic (exact) mass is 234 g/mol. The lowest BCUT2D eigenvalue weighted by molar-refractivity contribution is 1.46. The van der Waals surface area contributed by atoms with Gasteiger partial charge in [-0.25, -0.2) is 0 Å². The average Bonchev–Trinajstić information content (AvgIpc) is 2.40. The number of rotatable bonds is 2. The van der Waals surface area contributed by atoms with Crippen LogP contribution in [0.3, 0.4) is 0 Å². The largest absolute Gasteiger partial charge is 0.398 e. The van der Waals surface area contributed by atoms with Gasteiger partial charge < -0.3 is 11.1 Å². The van der Waals surface area contributed by atoms with Gasteiger partial charge in [-0.2, -0.15) is 10.5 Å². The van der Waals surface area contributed by atoms with Crippen LogP contribution in [-0.4, -0.2) is 0 Å². The first kappa shape index (κ1) is 11.5. The molecule has 2 rings (SSSR count). The summed E-state index contributed by atoms with van der Waals surface area (Å²) in [7, 11) is 0. The van der Waals surface area contributed by atoms with Crippen molar-refractivity contribution in [2.75, 3.05) is 11.1 Å². The quantitative estimate of drug-likeness (QED) is 0.782. The SMILES string of the molecule is N#Cc1ccc(Nc2ccc(C#N)c(N)c2)cc1. The smallest absolute Gasteiger partial charge is 0.101 e. The van der Waals surface area contributed by atoms with Gasteiger partial charge in [0.25, 0.3) is 0 Å². The molecule has 2 aromatic rings. The molecule has 0 aliphatic carbocycles. The number of nitrogens with zero attached hydrogens (tertiary/aromatic N) is 2. The molecule has 0 aromatic heterocycles. The van der Waals surface area contributed by atoms with Crippen molar-refractivity contribution < 1.29 is 0 Å². The van der Waals surface area contributed by atoms with E-state index in [9.17, 15) is 0 Å². The van der Waals surface area contributed by atoms with E-state index in [1.807, 2.05) is 18.2 Å². The first-order valence-corrected chi connectivity index (χ1v) is 5.30. The summed E-state index contributed by atoms with van der Waals surface area (Å²) in [4.78, 5) is 0. The summed E-state index contributed by atoms with van der Waals surface area (Å²) in [5, 5.41) is 20.6. The Kier molecular flexibility index (Phi) is 3.13. The lowest BCUT2D eigenvalue weighted by Gasteiger charge is -2.07. The molecule has 86 valence electrons. The van der Waals surface area contributed by atoms with Crippen molar-refractivity contribution in [2.45, 2.75) is 0 Å². The highest BCUT2D eigenvalue weighted by atomic mass is 14.9. The zero-order valence-electron chi connectivity index (χ0n) is 9.51. The fourth-order valence-corrected chi connectivity index (χ4v) is 1.54. The van der Waals surface area contributed by atoms with E-state index in [1.165, 1.54) is 0 Å². The maximum atomic E-state index is 8.78. The van der Waals surface area contributed by atoms with Gasteiger partial charge in [-0.1, -0.05) is 0 Å². The van der Waals surface area contributed by atoms with Crippen molar-refractivity contribution in [3.05, 3.63) is 53.6 Å². The van der Waals surface area contributed by atoms with Crippen molar-refractivity contribution >= 4 is 17.1 Å². The van der Waals surface area contributed by atoms with Crippen LogP contribution in [0.25, 0.3) is 0 Å². The Bertz CT molecular complexity index is 645. The summed E-state index contributed by atoms with van der Waals surface area (Å²) in [6, 6.07) is 16.3. The fraction of sp³-hybridized carbons (Fsp3) is 0. The van der Waals surface area contributed by atoms with Gasteiger partial charge in [-0.05, 0) is 42.5 Å². The molecule has 18 heavy (non-hydrogen) atoms. The molecular formula is C14H10N4. The van der Waals surface area contributed by atoms with E-state index in [0.29, 0.717) is 16.8 Å². The van der Waals surface area contributed by atoms with Gasteiger partial charge in [0.2, 0.25) is 0 Å². The number of nitrogen functional groups attached to an aromatic ring is 1. The Labute approximate surface area is 105 Å². The van der Waals surface area contributed by atoms with E-state index in [4.69, 9.17) is 16.3 Å². The van der Waals surface area contributed by atoms with Crippen LogP contribution in [0.4, 0.5) is 17.1 Å². The Morgan fingerprint density at radius 3 is 2.11 bits per heavy atom. The Hall–Kier alpha value is -2.98. The number of hydrogen-bond donors (Lipinski definition) is 2. The predicted molar refractivity (Wildman–Crippen MR) is 70.0 cm³/mol. The van der Waals surface area contributed by atoms with Crippen molar-refractivity contribution in [3.63, 3.8) is 0 Å². The summed E-state index contributed by atoms with van der Waals surface area (Å²) in [5.74, 6) is 0. The highest BCUT2D eigenvalue weighted by Crippen LogP contribution is 2.21. The second kappa shape index (κ2) is 4.90. The topological polar surface area (TPSA) is 85.6 Å². The molecule has 3 N–H and O–H groups in total. The molecule has 0 atom stereocenters.